The van der Waals surface area contributed by atoms with E-state index < -0.39 is 0 Å². The van der Waals surface area contributed by atoms with Crippen molar-refractivity contribution in [2.75, 3.05) is 0 Å². The number of hydrogen-bond donors (Lipinski definition) is 0. The average Bonchev–Trinajstić information content (AvgIpc) is 1.94. The summed E-state index contributed by atoms with van der Waals surface area (Å²) >= 11 is 2.57. The van der Waals surface area contributed by atoms with Gasteiger partial charge in [-0.15, -0.1) is 0 Å². The fraction of sp³-hybridized carbons (Fsp3) is 0.111. The van der Waals surface area contributed by atoms with E-state index in [1.807, 2.05) is 12.1 Å². The Morgan fingerprint density at radius 2 is 2.10 bits per heavy atom. The summed E-state index contributed by atoms with van der Waals surface area (Å²) in [4.78, 5) is 0. The van der Waals surface area contributed by atoms with Crippen LogP contribution in [0.2, 0.25) is 0 Å². The van der Waals surface area contributed by atoms with Crippen molar-refractivity contribution >= 4 is 21.2 Å². The molecule has 0 amide bonds. The zero-order valence-corrected chi connectivity index (χ0v) is 7.62. The molecule has 0 aliphatic carbocycles. The third kappa shape index (κ3) is 1.75. The molecule has 0 saturated carbocycles. The molecule has 0 aromatic heterocycles. The van der Waals surface area contributed by atoms with Crippen molar-refractivity contribution in [3.63, 3.8) is 0 Å². The number of benzene rings is 1. The van der Waals surface area contributed by atoms with Crippen LogP contribution in [0.5, 0.6) is 0 Å². The maximum absolute atomic E-state index is 3.69. The van der Waals surface area contributed by atoms with Crippen LogP contribution in [0.3, 0.4) is 0 Å². The van der Waals surface area contributed by atoms with E-state index in [-0.39, 0.29) is 0 Å². The first-order valence-electron chi connectivity index (χ1n) is 3.22. The van der Waals surface area contributed by atoms with Gasteiger partial charge in [0.1, 0.15) is 0 Å². The first kappa shape index (κ1) is 7.62. The van der Waals surface area contributed by atoms with Crippen LogP contribution in [0.15, 0.2) is 36.9 Å². The summed E-state index contributed by atoms with van der Waals surface area (Å²) in [7, 11) is 0. The molecule has 2 radical (unpaired) electrons. The van der Waals surface area contributed by atoms with E-state index in [0.29, 0.717) is 0 Å². The minimum absolute atomic E-state index is 0.963. The van der Waals surface area contributed by atoms with E-state index >= 15 is 0 Å². The number of rotatable bonds is 2. The molecule has 0 atom stereocenters. The van der Waals surface area contributed by atoms with Crippen molar-refractivity contribution in [2.24, 2.45) is 0 Å². The molecule has 50 valence electrons. The van der Waals surface area contributed by atoms with Gasteiger partial charge in [-0.25, -0.2) is 0 Å². The molecule has 0 aliphatic rings. The molecule has 0 nitrogen and oxygen atoms in total. The standard InChI is InChI=1S/C9H9As/c1-2-5-8-6-3-4-7-9(8)10/h2-4,6-7H,1,5H2. The van der Waals surface area contributed by atoms with Gasteiger partial charge >= 0.3 is 70.1 Å². The van der Waals surface area contributed by atoms with Gasteiger partial charge in [0.2, 0.25) is 0 Å². The summed E-state index contributed by atoms with van der Waals surface area (Å²) in [6, 6.07) is 8.31. The molecule has 0 spiro atoms. The van der Waals surface area contributed by atoms with Crippen molar-refractivity contribution in [3.05, 3.63) is 42.5 Å². The van der Waals surface area contributed by atoms with E-state index in [0.717, 1.165) is 6.42 Å². The minimum atomic E-state index is 0.963. The normalized spacial score (nSPS) is 9.30. The van der Waals surface area contributed by atoms with Gasteiger partial charge in [0.25, 0.3) is 0 Å². The Balaban J connectivity index is 2.91. The zero-order chi connectivity index (χ0) is 7.40. The number of allylic oxidation sites excluding steroid dienone is 1. The van der Waals surface area contributed by atoms with Crippen LogP contribution in [0.25, 0.3) is 0 Å². The van der Waals surface area contributed by atoms with E-state index in [1.54, 1.807) is 0 Å². The van der Waals surface area contributed by atoms with Gasteiger partial charge in [-0.05, 0) is 0 Å². The maximum atomic E-state index is 3.69. The van der Waals surface area contributed by atoms with Crippen LogP contribution in [0, 0.1) is 0 Å². The van der Waals surface area contributed by atoms with E-state index in [4.69, 9.17) is 0 Å². The zero-order valence-electron chi connectivity index (χ0n) is 5.75. The fourth-order valence-corrected chi connectivity index (χ4v) is 1.37. The molecule has 10 heavy (non-hydrogen) atoms. The first-order chi connectivity index (χ1) is 4.84. The molecule has 0 fully saturated rings. The summed E-state index contributed by atoms with van der Waals surface area (Å²) in [6.07, 6.45) is 2.89. The molecular formula is C9H9As. The topological polar surface area (TPSA) is 0 Å². The van der Waals surface area contributed by atoms with Gasteiger partial charge in [-0.3, -0.25) is 0 Å². The third-order valence-electron chi connectivity index (χ3n) is 1.36. The second-order valence-corrected chi connectivity index (χ2v) is 3.13. The van der Waals surface area contributed by atoms with E-state index in [9.17, 15) is 0 Å². The molecule has 0 N–H and O–H groups in total. The van der Waals surface area contributed by atoms with Crippen molar-refractivity contribution in [1.82, 2.24) is 0 Å². The van der Waals surface area contributed by atoms with Crippen LogP contribution in [-0.4, -0.2) is 16.9 Å². The Hall–Kier alpha value is -0.482. The predicted molar refractivity (Wildman–Crippen MR) is 45.7 cm³/mol. The SMILES string of the molecule is C=CCc1ccccc1[As]. The Kier molecular flexibility index (Phi) is 2.77. The molecule has 1 heteroatoms. The van der Waals surface area contributed by atoms with E-state index in [2.05, 4.69) is 41.6 Å². The molecule has 0 saturated heterocycles. The fourth-order valence-electron chi connectivity index (χ4n) is 0.839. The number of hydrogen-bond acceptors (Lipinski definition) is 0. The summed E-state index contributed by atoms with van der Waals surface area (Å²) < 4.78 is 1.29. The van der Waals surface area contributed by atoms with Crippen LogP contribution in [-0.2, 0) is 6.42 Å². The van der Waals surface area contributed by atoms with Gasteiger partial charge < -0.3 is 0 Å². The van der Waals surface area contributed by atoms with Gasteiger partial charge in [-0.2, -0.15) is 0 Å². The van der Waals surface area contributed by atoms with Crippen LogP contribution in [0.1, 0.15) is 5.56 Å². The summed E-state index contributed by atoms with van der Waals surface area (Å²) in [5.41, 5.74) is 1.34. The molecule has 0 heterocycles. The van der Waals surface area contributed by atoms with Crippen LogP contribution in [0.4, 0.5) is 0 Å². The molecule has 1 aromatic carbocycles. The predicted octanol–water partition coefficient (Wildman–Crippen LogP) is 1.21. The van der Waals surface area contributed by atoms with Gasteiger partial charge in [0, 0.05) is 0 Å². The first-order valence-corrected chi connectivity index (χ1v) is 4.16. The third-order valence-corrected chi connectivity index (χ3v) is 2.27. The molecule has 0 bridgehead atoms. The summed E-state index contributed by atoms with van der Waals surface area (Å²) in [5.74, 6) is 0. The van der Waals surface area contributed by atoms with Crippen molar-refractivity contribution < 1.29 is 0 Å². The molecule has 1 aromatic rings. The molecular weight excluding hydrogens is 183 g/mol. The van der Waals surface area contributed by atoms with Crippen LogP contribution >= 0.6 is 0 Å². The molecule has 1 rings (SSSR count). The summed E-state index contributed by atoms with van der Waals surface area (Å²) in [5, 5.41) is 0. The molecule has 0 unspecified atom stereocenters. The Morgan fingerprint density at radius 1 is 1.40 bits per heavy atom. The second kappa shape index (κ2) is 3.63. The Morgan fingerprint density at radius 3 is 2.70 bits per heavy atom. The molecule has 0 aliphatic heterocycles. The Bertz CT molecular complexity index is 228. The van der Waals surface area contributed by atoms with E-state index in [1.165, 1.54) is 9.91 Å². The summed E-state index contributed by atoms with van der Waals surface area (Å²) in [6.45, 7) is 3.69. The second-order valence-electron chi connectivity index (χ2n) is 2.12. The monoisotopic (exact) mass is 192 g/mol. The van der Waals surface area contributed by atoms with Gasteiger partial charge in [-0.1, -0.05) is 0 Å². The average molecular weight is 192 g/mol. The van der Waals surface area contributed by atoms with Gasteiger partial charge in [0.15, 0.2) is 0 Å². The quantitative estimate of drug-likeness (QED) is 0.488. The van der Waals surface area contributed by atoms with Crippen molar-refractivity contribution in [1.29, 1.82) is 0 Å². The van der Waals surface area contributed by atoms with Crippen molar-refractivity contribution in [2.45, 2.75) is 6.42 Å². The van der Waals surface area contributed by atoms with Crippen molar-refractivity contribution in [3.8, 4) is 0 Å². The Labute approximate surface area is 70.5 Å². The van der Waals surface area contributed by atoms with Crippen LogP contribution < -0.4 is 4.35 Å². The van der Waals surface area contributed by atoms with Gasteiger partial charge in [0.05, 0.1) is 0 Å².